The number of nitrogens with one attached hydrogen (secondary N) is 1. The van der Waals surface area contributed by atoms with Gasteiger partial charge >= 0.3 is 0 Å². The third-order valence-electron chi connectivity index (χ3n) is 2.34. The molecule has 0 saturated heterocycles. The summed E-state index contributed by atoms with van der Waals surface area (Å²) in [5.74, 6) is 0. The second kappa shape index (κ2) is 5.39. The van der Waals surface area contributed by atoms with Crippen LogP contribution in [0, 0.1) is 6.92 Å². The van der Waals surface area contributed by atoms with Crippen LogP contribution in [0.1, 0.15) is 11.1 Å². The van der Waals surface area contributed by atoms with Gasteiger partial charge in [-0.25, -0.2) is 0 Å². The number of pyridine rings is 1. The Morgan fingerprint density at radius 3 is 2.76 bits per heavy atom. The fourth-order valence-corrected chi connectivity index (χ4v) is 1.90. The van der Waals surface area contributed by atoms with Gasteiger partial charge in [0.2, 0.25) is 0 Å². The van der Waals surface area contributed by atoms with Crippen LogP contribution < -0.4 is 5.32 Å². The van der Waals surface area contributed by atoms with Crippen LogP contribution in [-0.2, 0) is 6.54 Å². The van der Waals surface area contributed by atoms with Crippen molar-refractivity contribution < 1.29 is 0 Å². The highest BCUT2D eigenvalue weighted by Crippen LogP contribution is 2.25. The molecule has 1 aromatic carbocycles. The lowest BCUT2D eigenvalue weighted by atomic mass is 10.2. The van der Waals surface area contributed by atoms with E-state index in [1.165, 1.54) is 0 Å². The molecule has 0 aliphatic carbocycles. The molecular weight excluding hydrogens is 255 g/mol. The standard InChI is InChI=1S/C13H12Cl2N2/c1-9-4-10(7-16-6-9)8-17-13-5-11(14)2-3-12(13)15/h2-7,17H,8H2,1H3. The smallest absolute Gasteiger partial charge is 0.0638 e. The van der Waals surface area contributed by atoms with Gasteiger partial charge in [-0.3, -0.25) is 4.98 Å². The van der Waals surface area contributed by atoms with Gasteiger partial charge in [-0.15, -0.1) is 0 Å². The normalized spacial score (nSPS) is 10.3. The van der Waals surface area contributed by atoms with E-state index in [9.17, 15) is 0 Å². The van der Waals surface area contributed by atoms with Gasteiger partial charge in [0.15, 0.2) is 0 Å². The summed E-state index contributed by atoms with van der Waals surface area (Å²) >= 11 is 12.0. The molecule has 1 aromatic heterocycles. The molecule has 0 aliphatic rings. The number of halogens is 2. The summed E-state index contributed by atoms with van der Waals surface area (Å²) in [6, 6.07) is 7.44. The Hall–Kier alpha value is -1.25. The number of benzene rings is 1. The first kappa shape index (κ1) is 12.2. The largest absolute Gasteiger partial charge is 0.380 e. The van der Waals surface area contributed by atoms with E-state index in [-0.39, 0.29) is 0 Å². The first-order valence-electron chi connectivity index (χ1n) is 5.24. The molecule has 4 heteroatoms. The minimum atomic E-state index is 0.662. The molecule has 0 bridgehead atoms. The molecule has 2 rings (SSSR count). The Bertz CT molecular complexity index is 527. The average Bonchev–Trinajstić information content (AvgIpc) is 2.30. The van der Waals surface area contributed by atoms with Gasteiger partial charge in [-0.05, 0) is 36.2 Å². The van der Waals surface area contributed by atoms with E-state index >= 15 is 0 Å². The minimum absolute atomic E-state index is 0.662. The van der Waals surface area contributed by atoms with Crippen LogP contribution in [0.5, 0.6) is 0 Å². The Kier molecular flexibility index (Phi) is 3.87. The van der Waals surface area contributed by atoms with Gasteiger partial charge in [0.25, 0.3) is 0 Å². The second-order valence-electron chi connectivity index (χ2n) is 3.85. The van der Waals surface area contributed by atoms with E-state index in [2.05, 4.69) is 16.4 Å². The van der Waals surface area contributed by atoms with E-state index in [1.54, 1.807) is 12.1 Å². The fourth-order valence-electron chi connectivity index (χ4n) is 1.54. The lowest BCUT2D eigenvalue weighted by Crippen LogP contribution is -2.00. The molecule has 88 valence electrons. The monoisotopic (exact) mass is 266 g/mol. The minimum Gasteiger partial charge on any atom is -0.380 e. The van der Waals surface area contributed by atoms with Crippen molar-refractivity contribution >= 4 is 28.9 Å². The number of aryl methyl sites for hydroxylation is 1. The van der Waals surface area contributed by atoms with Crippen LogP contribution in [-0.4, -0.2) is 4.98 Å². The van der Waals surface area contributed by atoms with Gasteiger partial charge in [-0.2, -0.15) is 0 Å². The fraction of sp³-hybridized carbons (Fsp3) is 0.154. The number of hydrogen-bond acceptors (Lipinski definition) is 2. The maximum absolute atomic E-state index is 6.06. The Morgan fingerprint density at radius 1 is 1.18 bits per heavy atom. The van der Waals surface area contributed by atoms with Crippen molar-refractivity contribution in [3.63, 3.8) is 0 Å². The van der Waals surface area contributed by atoms with Gasteiger partial charge in [0.05, 0.1) is 10.7 Å². The molecule has 0 amide bonds. The van der Waals surface area contributed by atoms with Crippen molar-refractivity contribution in [2.45, 2.75) is 13.5 Å². The molecule has 1 heterocycles. The van der Waals surface area contributed by atoms with E-state index in [0.717, 1.165) is 16.8 Å². The summed E-state index contributed by atoms with van der Waals surface area (Å²) in [5.41, 5.74) is 3.09. The van der Waals surface area contributed by atoms with Crippen molar-refractivity contribution in [3.8, 4) is 0 Å². The van der Waals surface area contributed by atoms with Crippen LogP contribution in [0.2, 0.25) is 10.0 Å². The molecule has 0 spiro atoms. The van der Waals surface area contributed by atoms with E-state index in [1.807, 2.05) is 25.4 Å². The van der Waals surface area contributed by atoms with Gasteiger partial charge in [0, 0.05) is 24.0 Å². The summed E-state index contributed by atoms with van der Waals surface area (Å²) in [4.78, 5) is 4.14. The van der Waals surface area contributed by atoms with Gasteiger partial charge in [0.1, 0.15) is 0 Å². The second-order valence-corrected chi connectivity index (χ2v) is 4.69. The number of rotatable bonds is 3. The van der Waals surface area contributed by atoms with Crippen molar-refractivity contribution in [3.05, 3.63) is 57.8 Å². The van der Waals surface area contributed by atoms with Crippen LogP contribution in [0.15, 0.2) is 36.7 Å². The summed E-state index contributed by atoms with van der Waals surface area (Å²) in [7, 11) is 0. The zero-order valence-electron chi connectivity index (χ0n) is 9.37. The number of nitrogens with zero attached hydrogens (tertiary/aromatic N) is 1. The maximum atomic E-state index is 6.06. The van der Waals surface area contributed by atoms with Crippen molar-refractivity contribution in [2.24, 2.45) is 0 Å². The van der Waals surface area contributed by atoms with Crippen LogP contribution in [0.4, 0.5) is 5.69 Å². The lowest BCUT2D eigenvalue weighted by molar-refractivity contribution is 1.10. The van der Waals surface area contributed by atoms with Crippen molar-refractivity contribution in [2.75, 3.05) is 5.32 Å². The zero-order chi connectivity index (χ0) is 12.3. The SMILES string of the molecule is Cc1cncc(CNc2cc(Cl)ccc2Cl)c1. The molecule has 0 atom stereocenters. The van der Waals surface area contributed by atoms with Crippen molar-refractivity contribution in [1.82, 2.24) is 4.98 Å². The van der Waals surface area contributed by atoms with E-state index < -0.39 is 0 Å². The molecule has 0 saturated carbocycles. The number of aromatic nitrogens is 1. The Labute approximate surface area is 111 Å². The Balaban J connectivity index is 2.09. The number of anilines is 1. The topological polar surface area (TPSA) is 24.9 Å². The first-order chi connectivity index (χ1) is 8.15. The highest BCUT2D eigenvalue weighted by Gasteiger charge is 2.01. The molecular formula is C13H12Cl2N2. The highest BCUT2D eigenvalue weighted by molar-refractivity contribution is 6.35. The highest BCUT2D eigenvalue weighted by atomic mass is 35.5. The molecule has 0 fully saturated rings. The predicted octanol–water partition coefficient (Wildman–Crippen LogP) is 4.31. The number of hydrogen-bond donors (Lipinski definition) is 1. The first-order valence-corrected chi connectivity index (χ1v) is 6.00. The summed E-state index contributed by atoms with van der Waals surface area (Å²) < 4.78 is 0. The lowest BCUT2D eigenvalue weighted by Gasteiger charge is -2.09. The molecule has 0 unspecified atom stereocenters. The van der Waals surface area contributed by atoms with E-state index in [4.69, 9.17) is 23.2 Å². The van der Waals surface area contributed by atoms with Crippen LogP contribution in [0.3, 0.4) is 0 Å². The van der Waals surface area contributed by atoms with Crippen LogP contribution >= 0.6 is 23.2 Å². The van der Waals surface area contributed by atoms with E-state index in [0.29, 0.717) is 16.6 Å². The van der Waals surface area contributed by atoms with Gasteiger partial charge in [-0.1, -0.05) is 29.3 Å². The molecule has 2 nitrogen and oxygen atoms in total. The molecule has 17 heavy (non-hydrogen) atoms. The molecule has 2 aromatic rings. The molecule has 0 aliphatic heterocycles. The third-order valence-corrected chi connectivity index (χ3v) is 2.91. The predicted molar refractivity (Wildman–Crippen MR) is 72.8 cm³/mol. The summed E-state index contributed by atoms with van der Waals surface area (Å²) in [6.45, 7) is 2.69. The zero-order valence-corrected chi connectivity index (χ0v) is 10.9. The maximum Gasteiger partial charge on any atom is 0.0638 e. The quantitative estimate of drug-likeness (QED) is 0.896. The molecule has 0 radical (unpaired) electrons. The molecule has 1 N–H and O–H groups in total. The van der Waals surface area contributed by atoms with Gasteiger partial charge < -0.3 is 5.32 Å². The van der Waals surface area contributed by atoms with Crippen molar-refractivity contribution in [1.29, 1.82) is 0 Å². The Morgan fingerprint density at radius 2 is 2.00 bits per heavy atom. The van der Waals surface area contributed by atoms with Crippen LogP contribution in [0.25, 0.3) is 0 Å². The summed E-state index contributed by atoms with van der Waals surface area (Å²) in [6.07, 6.45) is 3.66. The average molecular weight is 267 g/mol. The summed E-state index contributed by atoms with van der Waals surface area (Å²) in [5, 5.41) is 4.57. The third kappa shape index (κ3) is 3.35.